The second-order valence-electron chi connectivity index (χ2n) is 3.85. The van der Waals surface area contributed by atoms with E-state index in [0.29, 0.717) is 11.7 Å². The second-order valence-corrected chi connectivity index (χ2v) is 3.85. The van der Waals surface area contributed by atoms with Gasteiger partial charge in [-0.15, -0.1) is 0 Å². The third-order valence-corrected chi connectivity index (χ3v) is 3.18. The van der Waals surface area contributed by atoms with Crippen LogP contribution in [0.15, 0.2) is 0 Å². The number of carbonyl (C=O) groups is 1. The van der Waals surface area contributed by atoms with Gasteiger partial charge in [0.2, 0.25) is 0 Å². The third kappa shape index (κ3) is 1.09. The predicted octanol–water partition coefficient (Wildman–Crippen LogP) is 0.964. The number of nitrogens with one attached hydrogen (secondary N) is 1. The molecule has 2 nitrogen and oxygen atoms in total. The Morgan fingerprint density at radius 3 is 3.00 bits per heavy atom. The highest BCUT2D eigenvalue weighted by Gasteiger charge is 2.40. The van der Waals surface area contributed by atoms with Crippen molar-refractivity contribution in [2.24, 2.45) is 11.8 Å². The predicted molar refractivity (Wildman–Crippen MR) is 43.3 cm³/mol. The quantitative estimate of drug-likeness (QED) is 0.608. The standard InChI is InChI=1S/C9H15NO/c1-6(11)9-8-4-2-3-7(8)5-10-9/h7-10H,2-5H2,1H3. The lowest BCUT2D eigenvalue weighted by Gasteiger charge is -2.13. The minimum absolute atomic E-state index is 0.197. The molecule has 62 valence electrons. The fourth-order valence-electron chi connectivity index (χ4n) is 2.63. The number of rotatable bonds is 1. The summed E-state index contributed by atoms with van der Waals surface area (Å²) in [6.07, 6.45) is 3.93. The van der Waals surface area contributed by atoms with Crippen LogP contribution in [-0.2, 0) is 4.79 Å². The number of carbonyl (C=O) groups excluding carboxylic acids is 1. The highest BCUT2D eigenvalue weighted by atomic mass is 16.1. The molecule has 0 spiro atoms. The summed E-state index contributed by atoms with van der Waals surface area (Å²) in [6, 6.07) is 0.197. The zero-order valence-electron chi connectivity index (χ0n) is 6.97. The molecule has 2 fully saturated rings. The van der Waals surface area contributed by atoms with E-state index in [1.54, 1.807) is 6.92 Å². The van der Waals surface area contributed by atoms with Gasteiger partial charge in [-0.2, -0.15) is 0 Å². The minimum Gasteiger partial charge on any atom is -0.307 e. The molecule has 0 aromatic heterocycles. The van der Waals surface area contributed by atoms with E-state index >= 15 is 0 Å². The largest absolute Gasteiger partial charge is 0.307 e. The van der Waals surface area contributed by atoms with E-state index in [0.717, 1.165) is 12.5 Å². The summed E-state index contributed by atoms with van der Waals surface area (Å²) in [4.78, 5) is 11.1. The molecular formula is C9H15NO. The molecule has 0 bridgehead atoms. The Hall–Kier alpha value is -0.370. The Labute approximate surface area is 67.4 Å². The van der Waals surface area contributed by atoms with Gasteiger partial charge < -0.3 is 5.32 Å². The van der Waals surface area contributed by atoms with Gasteiger partial charge in [-0.05, 0) is 38.1 Å². The first-order valence-corrected chi connectivity index (χ1v) is 4.53. The summed E-state index contributed by atoms with van der Waals surface area (Å²) >= 11 is 0. The molecule has 2 rings (SSSR count). The van der Waals surface area contributed by atoms with E-state index in [-0.39, 0.29) is 6.04 Å². The number of hydrogen-bond donors (Lipinski definition) is 1. The van der Waals surface area contributed by atoms with Crippen LogP contribution in [0.5, 0.6) is 0 Å². The average Bonchev–Trinajstić information content (AvgIpc) is 2.41. The molecule has 1 heterocycles. The van der Waals surface area contributed by atoms with Crippen LogP contribution in [0.4, 0.5) is 0 Å². The smallest absolute Gasteiger partial charge is 0.146 e. The number of Topliss-reactive ketones (excluding diaryl/α,β-unsaturated/α-hetero) is 1. The SMILES string of the molecule is CC(=O)C1NCC2CCCC21. The Balaban J connectivity index is 2.08. The van der Waals surface area contributed by atoms with Gasteiger partial charge in [0.15, 0.2) is 0 Å². The lowest BCUT2D eigenvalue weighted by molar-refractivity contribution is -0.119. The van der Waals surface area contributed by atoms with Gasteiger partial charge in [-0.1, -0.05) is 6.42 Å². The first kappa shape index (κ1) is 7.29. The van der Waals surface area contributed by atoms with Crippen molar-refractivity contribution in [3.05, 3.63) is 0 Å². The van der Waals surface area contributed by atoms with Crippen molar-refractivity contribution in [1.82, 2.24) is 5.32 Å². The van der Waals surface area contributed by atoms with Crippen molar-refractivity contribution in [2.45, 2.75) is 32.2 Å². The molecule has 0 amide bonds. The molecule has 1 aliphatic carbocycles. The van der Waals surface area contributed by atoms with E-state index < -0.39 is 0 Å². The molecule has 3 unspecified atom stereocenters. The molecule has 3 atom stereocenters. The molecular weight excluding hydrogens is 138 g/mol. The highest BCUT2D eigenvalue weighted by Crippen LogP contribution is 2.37. The van der Waals surface area contributed by atoms with Crippen molar-refractivity contribution in [3.63, 3.8) is 0 Å². The first-order chi connectivity index (χ1) is 5.29. The van der Waals surface area contributed by atoms with Crippen molar-refractivity contribution in [2.75, 3.05) is 6.54 Å². The van der Waals surface area contributed by atoms with Gasteiger partial charge in [-0.25, -0.2) is 0 Å². The first-order valence-electron chi connectivity index (χ1n) is 4.53. The maximum atomic E-state index is 11.1. The van der Waals surface area contributed by atoms with E-state index in [1.165, 1.54) is 19.3 Å². The van der Waals surface area contributed by atoms with Crippen molar-refractivity contribution in [3.8, 4) is 0 Å². The van der Waals surface area contributed by atoms with Crippen molar-refractivity contribution < 1.29 is 4.79 Å². The fraction of sp³-hybridized carbons (Fsp3) is 0.889. The van der Waals surface area contributed by atoms with Crippen LogP contribution in [0.1, 0.15) is 26.2 Å². The topological polar surface area (TPSA) is 29.1 Å². The summed E-state index contributed by atoms with van der Waals surface area (Å²) < 4.78 is 0. The fourth-order valence-corrected chi connectivity index (χ4v) is 2.63. The zero-order valence-corrected chi connectivity index (χ0v) is 6.97. The van der Waals surface area contributed by atoms with Crippen LogP contribution >= 0.6 is 0 Å². The van der Waals surface area contributed by atoms with Gasteiger partial charge in [0.05, 0.1) is 6.04 Å². The lowest BCUT2D eigenvalue weighted by atomic mass is 9.92. The van der Waals surface area contributed by atoms with Gasteiger partial charge in [-0.3, -0.25) is 4.79 Å². The van der Waals surface area contributed by atoms with Crippen LogP contribution in [0.3, 0.4) is 0 Å². The van der Waals surface area contributed by atoms with E-state index in [4.69, 9.17) is 0 Å². The summed E-state index contributed by atoms with van der Waals surface area (Å²) in [5, 5.41) is 3.31. The number of hydrogen-bond acceptors (Lipinski definition) is 2. The van der Waals surface area contributed by atoms with Gasteiger partial charge in [0.25, 0.3) is 0 Å². The van der Waals surface area contributed by atoms with Gasteiger partial charge in [0, 0.05) is 0 Å². The molecule has 0 aromatic carbocycles. The van der Waals surface area contributed by atoms with Crippen LogP contribution < -0.4 is 5.32 Å². The Morgan fingerprint density at radius 2 is 2.27 bits per heavy atom. The van der Waals surface area contributed by atoms with E-state index in [2.05, 4.69) is 5.32 Å². The number of ketones is 1. The molecule has 11 heavy (non-hydrogen) atoms. The van der Waals surface area contributed by atoms with Crippen molar-refractivity contribution >= 4 is 5.78 Å². The molecule has 0 aromatic rings. The maximum Gasteiger partial charge on any atom is 0.146 e. The maximum absolute atomic E-state index is 11.1. The average molecular weight is 153 g/mol. The molecule has 0 radical (unpaired) electrons. The van der Waals surface area contributed by atoms with E-state index in [1.807, 2.05) is 0 Å². The zero-order chi connectivity index (χ0) is 7.84. The molecule has 2 aliphatic rings. The van der Waals surface area contributed by atoms with Crippen LogP contribution in [0, 0.1) is 11.8 Å². The van der Waals surface area contributed by atoms with Crippen LogP contribution in [0.25, 0.3) is 0 Å². The summed E-state index contributed by atoms with van der Waals surface area (Å²) in [5.41, 5.74) is 0. The lowest BCUT2D eigenvalue weighted by Crippen LogP contribution is -2.33. The Morgan fingerprint density at radius 1 is 1.45 bits per heavy atom. The van der Waals surface area contributed by atoms with E-state index in [9.17, 15) is 4.79 Å². The van der Waals surface area contributed by atoms with Gasteiger partial charge >= 0.3 is 0 Å². The molecule has 1 aliphatic heterocycles. The summed E-state index contributed by atoms with van der Waals surface area (Å²) in [6.45, 7) is 2.78. The van der Waals surface area contributed by atoms with Crippen LogP contribution in [0.2, 0.25) is 0 Å². The summed E-state index contributed by atoms with van der Waals surface area (Å²) in [5.74, 6) is 1.82. The number of fused-ring (bicyclic) bond motifs is 1. The minimum atomic E-state index is 0.197. The summed E-state index contributed by atoms with van der Waals surface area (Å²) in [7, 11) is 0. The molecule has 1 N–H and O–H groups in total. The second kappa shape index (κ2) is 2.59. The van der Waals surface area contributed by atoms with Crippen LogP contribution in [-0.4, -0.2) is 18.4 Å². The van der Waals surface area contributed by atoms with Gasteiger partial charge in [0.1, 0.15) is 5.78 Å². The Kier molecular flexibility index (Phi) is 1.72. The molecule has 1 saturated heterocycles. The molecule has 2 heteroatoms. The third-order valence-electron chi connectivity index (χ3n) is 3.18. The Bertz CT molecular complexity index is 178. The normalized spacial score (nSPS) is 42.5. The monoisotopic (exact) mass is 153 g/mol. The highest BCUT2D eigenvalue weighted by molar-refractivity contribution is 5.82. The molecule has 1 saturated carbocycles. The van der Waals surface area contributed by atoms with Crippen molar-refractivity contribution in [1.29, 1.82) is 0 Å².